The van der Waals surface area contributed by atoms with E-state index in [0.717, 1.165) is 13.0 Å². The van der Waals surface area contributed by atoms with Gasteiger partial charge in [0, 0.05) is 6.54 Å². The molecule has 1 saturated carbocycles. The fourth-order valence-electron chi connectivity index (χ4n) is 4.27. The van der Waals surface area contributed by atoms with E-state index in [1.54, 1.807) is 0 Å². The highest BCUT2D eigenvalue weighted by Crippen LogP contribution is 2.45. The summed E-state index contributed by atoms with van der Waals surface area (Å²) >= 11 is 0. The van der Waals surface area contributed by atoms with E-state index in [2.05, 4.69) is 43.6 Å². The van der Waals surface area contributed by atoms with Gasteiger partial charge >= 0.3 is 0 Å². The average Bonchev–Trinajstić information content (AvgIpc) is 3.09. The number of rotatable bonds is 5. The van der Waals surface area contributed by atoms with Gasteiger partial charge in [0.2, 0.25) is 0 Å². The van der Waals surface area contributed by atoms with Crippen LogP contribution in [0.25, 0.3) is 0 Å². The predicted molar refractivity (Wildman–Crippen MR) is 87.8 cm³/mol. The van der Waals surface area contributed by atoms with E-state index in [4.69, 9.17) is 4.74 Å². The molecule has 2 heteroatoms. The SMILES string of the molecule is CNCC(CC1CCC2(CCCC2)O1)c1cccc(C)c1. The molecule has 21 heavy (non-hydrogen) atoms. The standard InChI is InChI=1S/C19H29NO/c1-15-6-5-7-16(12-15)17(14-20-2)13-18-8-11-19(21-18)9-3-4-10-19/h5-7,12,17-18,20H,3-4,8-11,13-14H2,1-2H3. The molecular weight excluding hydrogens is 258 g/mol. The van der Waals surface area contributed by atoms with E-state index in [1.807, 2.05) is 0 Å². The molecule has 2 atom stereocenters. The quantitative estimate of drug-likeness (QED) is 0.877. The summed E-state index contributed by atoms with van der Waals surface area (Å²) in [7, 11) is 2.05. The van der Waals surface area contributed by atoms with Crippen molar-refractivity contribution in [2.24, 2.45) is 0 Å². The molecular formula is C19H29NO. The Hall–Kier alpha value is -0.860. The van der Waals surface area contributed by atoms with E-state index >= 15 is 0 Å². The molecule has 2 fully saturated rings. The molecule has 1 aromatic rings. The fraction of sp³-hybridized carbons (Fsp3) is 0.684. The normalized spacial score (nSPS) is 25.5. The van der Waals surface area contributed by atoms with Crippen molar-refractivity contribution in [3.05, 3.63) is 35.4 Å². The van der Waals surface area contributed by atoms with Gasteiger partial charge in [-0.15, -0.1) is 0 Å². The van der Waals surface area contributed by atoms with Crippen molar-refractivity contribution in [3.63, 3.8) is 0 Å². The van der Waals surface area contributed by atoms with Gasteiger partial charge in [0.1, 0.15) is 0 Å². The van der Waals surface area contributed by atoms with Gasteiger partial charge in [-0.1, -0.05) is 42.7 Å². The van der Waals surface area contributed by atoms with Crippen molar-refractivity contribution in [3.8, 4) is 0 Å². The summed E-state index contributed by atoms with van der Waals surface area (Å²) < 4.78 is 6.51. The fourth-order valence-corrected chi connectivity index (χ4v) is 4.27. The van der Waals surface area contributed by atoms with Crippen LogP contribution in [0.5, 0.6) is 0 Å². The predicted octanol–water partition coefficient (Wildman–Crippen LogP) is 4.18. The number of nitrogens with one attached hydrogen (secondary N) is 1. The van der Waals surface area contributed by atoms with Gasteiger partial charge in [0.25, 0.3) is 0 Å². The van der Waals surface area contributed by atoms with E-state index in [1.165, 1.54) is 49.7 Å². The second kappa shape index (κ2) is 6.50. The average molecular weight is 287 g/mol. The Labute approximate surface area is 129 Å². The smallest absolute Gasteiger partial charge is 0.0687 e. The maximum atomic E-state index is 6.51. The molecule has 116 valence electrons. The number of aryl methyl sites for hydroxylation is 1. The van der Waals surface area contributed by atoms with E-state index in [-0.39, 0.29) is 5.60 Å². The van der Waals surface area contributed by atoms with E-state index < -0.39 is 0 Å². The molecule has 1 N–H and O–H groups in total. The monoisotopic (exact) mass is 287 g/mol. The Balaban J connectivity index is 1.65. The lowest BCUT2D eigenvalue weighted by atomic mass is 9.90. The van der Waals surface area contributed by atoms with E-state index in [9.17, 15) is 0 Å². The molecule has 1 saturated heterocycles. The van der Waals surface area contributed by atoms with Crippen molar-refractivity contribution in [2.75, 3.05) is 13.6 Å². The molecule has 2 aliphatic rings. The zero-order valence-electron chi connectivity index (χ0n) is 13.5. The summed E-state index contributed by atoms with van der Waals surface area (Å²) in [6, 6.07) is 8.97. The van der Waals surface area contributed by atoms with Gasteiger partial charge in [-0.05, 0) is 57.6 Å². The first-order valence-electron chi connectivity index (χ1n) is 8.60. The lowest BCUT2D eigenvalue weighted by molar-refractivity contribution is -0.0410. The summed E-state index contributed by atoms with van der Waals surface area (Å²) in [4.78, 5) is 0. The maximum absolute atomic E-state index is 6.51. The minimum Gasteiger partial charge on any atom is -0.372 e. The molecule has 2 nitrogen and oxygen atoms in total. The molecule has 1 aromatic carbocycles. The van der Waals surface area contributed by atoms with Crippen molar-refractivity contribution in [1.82, 2.24) is 5.32 Å². The minimum absolute atomic E-state index is 0.265. The zero-order chi connectivity index (χ0) is 14.7. The van der Waals surface area contributed by atoms with Crippen molar-refractivity contribution < 1.29 is 4.74 Å². The van der Waals surface area contributed by atoms with Crippen LogP contribution in [0.15, 0.2) is 24.3 Å². The summed E-state index contributed by atoms with van der Waals surface area (Å²) in [5, 5.41) is 3.37. The van der Waals surface area contributed by atoms with Crippen LogP contribution in [0.1, 0.15) is 62.0 Å². The summed E-state index contributed by atoms with van der Waals surface area (Å²) in [5.41, 5.74) is 3.08. The Bertz CT molecular complexity index is 464. The third-order valence-corrected chi connectivity index (χ3v) is 5.36. The Morgan fingerprint density at radius 3 is 2.81 bits per heavy atom. The molecule has 0 bridgehead atoms. The molecule has 0 radical (unpaired) electrons. The third-order valence-electron chi connectivity index (χ3n) is 5.36. The maximum Gasteiger partial charge on any atom is 0.0687 e. The number of hydrogen-bond acceptors (Lipinski definition) is 2. The van der Waals surface area contributed by atoms with Crippen LogP contribution >= 0.6 is 0 Å². The number of benzene rings is 1. The van der Waals surface area contributed by atoms with Crippen LogP contribution in [0.4, 0.5) is 0 Å². The van der Waals surface area contributed by atoms with E-state index in [0.29, 0.717) is 12.0 Å². The highest BCUT2D eigenvalue weighted by Gasteiger charge is 2.42. The van der Waals surface area contributed by atoms with Gasteiger partial charge in [0.15, 0.2) is 0 Å². The van der Waals surface area contributed by atoms with Crippen LogP contribution in [0.2, 0.25) is 0 Å². The van der Waals surface area contributed by atoms with Gasteiger partial charge in [-0.3, -0.25) is 0 Å². The van der Waals surface area contributed by atoms with Crippen LogP contribution in [-0.2, 0) is 4.74 Å². The first kappa shape index (κ1) is 15.1. The molecule has 1 aliphatic heterocycles. The van der Waals surface area contributed by atoms with Crippen LogP contribution in [0.3, 0.4) is 0 Å². The van der Waals surface area contributed by atoms with Gasteiger partial charge < -0.3 is 10.1 Å². The molecule has 3 rings (SSSR count). The largest absolute Gasteiger partial charge is 0.372 e. The van der Waals surface area contributed by atoms with Gasteiger partial charge in [-0.25, -0.2) is 0 Å². The van der Waals surface area contributed by atoms with Crippen molar-refractivity contribution in [1.29, 1.82) is 0 Å². The molecule has 0 amide bonds. The van der Waals surface area contributed by atoms with Crippen molar-refractivity contribution in [2.45, 2.75) is 69.5 Å². The third kappa shape index (κ3) is 3.49. The first-order valence-corrected chi connectivity index (χ1v) is 8.60. The molecule has 2 unspecified atom stereocenters. The number of likely N-dealkylation sites (N-methyl/N-ethyl adjacent to an activating group) is 1. The lowest BCUT2D eigenvalue weighted by Crippen LogP contribution is -2.27. The minimum atomic E-state index is 0.265. The topological polar surface area (TPSA) is 21.3 Å². The Morgan fingerprint density at radius 2 is 2.10 bits per heavy atom. The number of ether oxygens (including phenoxy) is 1. The Kier molecular flexibility index (Phi) is 4.66. The second-order valence-corrected chi connectivity index (χ2v) is 7.07. The zero-order valence-corrected chi connectivity index (χ0v) is 13.5. The van der Waals surface area contributed by atoms with Crippen molar-refractivity contribution >= 4 is 0 Å². The summed E-state index contributed by atoms with van der Waals surface area (Å²) in [6.45, 7) is 3.22. The van der Waals surface area contributed by atoms with Gasteiger partial charge in [-0.2, -0.15) is 0 Å². The van der Waals surface area contributed by atoms with Crippen LogP contribution in [0, 0.1) is 6.92 Å². The van der Waals surface area contributed by atoms with Crippen LogP contribution in [-0.4, -0.2) is 25.3 Å². The Morgan fingerprint density at radius 1 is 1.29 bits per heavy atom. The second-order valence-electron chi connectivity index (χ2n) is 7.07. The molecule has 0 aromatic heterocycles. The highest BCUT2D eigenvalue weighted by atomic mass is 16.5. The molecule has 1 aliphatic carbocycles. The summed E-state index contributed by atoms with van der Waals surface area (Å²) in [5.74, 6) is 0.566. The van der Waals surface area contributed by atoms with Crippen LogP contribution < -0.4 is 5.32 Å². The number of hydrogen-bond donors (Lipinski definition) is 1. The summed E-state index contributed by atoms with van der Waals surface area (Å²) in [6.07, 6.45) is 9.49. The molecule has 1 spiro atoms. The lowest BCUT2D eigenvalue weighted by Gasteiger charge is -2.26. The first-order chi connectivity index (χ1) is 10.2. The highest BCUT2D eigenvalue weighted by molar-refractivity contribution is 5.26. The molecule has 1 heterocycles. The van der Waals surface area contributed by atoms with Gasteiger partial charge in [0.05, 0.1) is 11.7 Å².